The average Bonchev–Trinajstić information content (AvgIpc) is 3.29. The minimum absolute atomic E-state index is 0.127. The Balaban J connectivity index is 0.00000186. The van der Waals surface area contributed by atoms with Gasteiger partial charge in [-0.15, -0.1) is 0 Å². The number of aliphatic imine (C=N–C) groups is 1. The lowest BCUT2D eigenvalue weighted by atomic mass is 10.0. The van der Waals surface area contributed by atoms with Gasteiger partial charge in [-0.2, -0.15) is 0 Å². The SMILES string of the molecule is CC.CC(C)C.CC/C=C/C(C)=O.C\C=C(/C=C\C=C\CC)Oc1ccc(NC(=N/C=C/CC)c2nc3c(cc2C)CCC(C)CN3CCCC)cc1C. The number of amidine groups is 1. The molecule has 1 atom stereocenters. The molecule has 0 aliphatic carbocycles. The Labute approximate surface area is 331 Å². The first-order chi connectivity index (χ1) is 25.9. The van der Waals surface area contributed by atoms with Gasteiger partial charge in [0.15, 0.2) is 11.6 Å². The van der Waals surface area contributed by atoms with E-state index in [0.717, 1.165) is 90.4 Å². The van der Waals surface area contributed by atoms with Crippen LogP contribution in [0.15, 0.2) is 89.8 Å². The zero-order valence-electron chi connectivity index (χ0n) is 36.7. The Morgan fingerprint density at radius 1 is 0.981 bits per heavy atom. The molecule has 0 radical (unpaired) electrons. The van der Waals surface area contributed by atoms with Crippen molar-refractivity contribution in [3.05, 3.63) is 107 Å². The highest BCUT2D eigenvalue weighted by Crippen LogP contribution is 2.30. The summed E-state index contributed by atoms with van der Waals surface area (Å²) in [6, 6.07) is 8.50. The maximum absolute atomic E-state index is 10.1. The van der Waals surface area contributed by atoms with Crippen LogP contribution < -0.4 is 15.0 Å². The number of anilines is 2. The van der Waals surface area contributed by atoms with Crippen molar-refractivity contribution in [2.45, 2.75) is 142 Å². The average molecular weight is 741 g/mol. The lowest BCUT2D eigenvalue weighted by molar-refractivity contribution is -0.112. The Morgan fingerprint density at radius 2 is 1.65 bits per heavy atom. The molecule has 2 heterocycles. The third-order valence-electron chi connectivity index (χ3n) is 7.84. The summed E-state index contributed by atoms with van der Waals surface area (Å²) in [5.74, 6) is 5.14. The van der Waals surface area contributed by atoms with E-state index in [1.807, 2.05) is 76.4 Å². The Bertz CT molecular complexity index is 1520. The van der Waals surface area contributed by atoms with Crippen LogP contribution in [0.3, 0.4) is 0 Å². The van der Waals surface area contributed by atoms with Crippen LogP contribution in [0.25, 0.3) is 0 Å². The van der Waals surface area contributed by atoms with Crippen LogP contribution in [0.5, 0.6) is 5.75 Å². The molecule has 300 valence electrons. The topological polar surface area (TPSA) is 66.8 Å². The second kappa shape index (κ2) is 30.2. The van der Waals surface area contributed by atoms with Gasteiger partial charge < -0.3 is 15.0 Å². The van der Waals surface area contributed by atoms with Crippen LogP contribution in [0.1, 0.15) is 144 Å². The van der Waals surface area contributed by atoms with Crippen LogP contribution in [0, 0.1) is 25.7 Å². The zero-order chi connectivity index (χ0) is 40.9. The Morgan fingerprint density at radius 3 is 2.20 bits per heavy atom. The van der Waals surface area contributed by atoms with Gasteiger partial charge in [0, 0.05) is 25.0 Å². The lowest BCUT2D eigenvalue weighted by Crippen LogP contribution is -2.30. The number of nitrogens with zero attached hydrogens (tertiary/aromatic N) is 3. The van der Waals surface area contributed by atoms with E-state index in [2.05, 4.69) is 96.8 Å². The number of carbonyl (C=O) groups excluding carboxylic acids is 1. The van der Waals surface area contributed by atoms with Gasteiger partial charge in [-0.1, -0.05) is 112 Å². The van der Waals surface area contributed by atoms with Gasteiger partial charge >= 0.3 is 0 Å². The molecule has 1 unspecified atom stereocenters. The van der Waals surface area contributed by atoms with Gasteiger partial charge in [-0.25, -0.2) is 9.98 Å². The fourth-order valence-corrected chi connectivity index (χ4v) is 5.19. The molecule has 1 aliphatic heterocycles. The number of hydrogen-bond donors (Lipinski definition) is 1. The number of unbranched alkanes of at least 4 members (excludes halogenated alkanes) is 1. The number of carbonyl (C=O) groups is 1. The van der Waals surface area contributed by atoms with Crippen molar-refractivity contribution < 1.29 is 9.53 Å². The van der Waals surface area contributed by atoms with E-state index in [-0.39, 0.29) is 5.78 Å². The minimum Gasteiger partial charge on any atom is -0.457 e. The van der Waals surface area contributed by atoms with E-state index in [0.29, 0.717) is 5.92 Å². The number of hydrogen-bond acceptors (Lipinski definition) is 5. The molecule has 1 aliphatic rings. The maximum atomic E-state index is 10.1. The quantitative estimate of drug-likeness (QED) is 0.0687. The van der Waals surface area contributed by atoms with Crippen LogP contribution in [0.4, 0.5) is 11.5 Å². The summed E-state index contributed by atoms with van der Waals surface area (Å²) < 4.78 is 6.20. The van der Waals surface area contributed by atoms with Gasteiger partial charge in [-0.05, 0) is 131 Å². The number of ketones is 1. The van der Waals surface area contributed by atoms with E-state index < -0.39 is 0 Å². The van der Waals surface area contributed by atoms with Crippen molar-refractivity contribution in [3.8, 4) is 5.75 Å². The highest BCUT2D eigenvalue weighted by atomic mass is 16.5. The summed E-state index contributed by atoms with van der Waals surface area (Å²) in [4.78, 5) is 22.8. The number of allylic oxidation sites excluding steroid dienone is 8. The molecule has 0 spiro atoms. The van der Waals surface area contributed by atoms with Crippen molar-refractivity contribution in [1.82, 2.24) is 4.98 Å². The molecule has 0 bridgehead atoms. The summed E-state index contributed by atoms with van der Waals surface area (Å²) in [6.07, 6.45) is 25.0. The van der Waals surface area contributed by atoms with E-state index in [9.17, 15) is 4.79 Å². The summed E-state index contributed by atoms with van der Waals surface area (Å²) in [5, 5.41) is 3.59. The largest absolute Gasteiger partial charge is 0.457 e. The standard InChI is InChI=1S/C36H50N4O.C6H10O.C4H10.C2H6/c1-8-12-15-16-17-32(11-4)41-33-21-20-31(25-28(33)6)38-35(37-22-13-9-2)34-29(7)24-30-19-18-27(5)26-40(23-14-10-3)36(30)39-34;1-3-4-5-6(2)7;1-4(2)3;1-2/h11-13,15-17,20-22,24-25,27H,8-10,14,18-19,23,26H2,1-7H3,(H,37,38);4-5H,3H2,1-2H3;4H,1-3H3;1-2H3/b15-12+,17-16-,22-13+,32-11+;5-4+;;. The number of nitrogens with one attached hydrogen (secondary N) is 1. The molecular formula is C48H76N4O2. The highest BCUT2D eigenvalue weighted by Gasteiger charge is 2.23. The van der Waals surface area contributed by atoms with Gasteiger partial charge in [0.1, 0.15) is 23.0 Å². The number of ether oxygens (including phenoxy) is 1. The molecule has 6 heteroatoms. The molecule has 0 saturated carbocycles. The van der Waals surface area contributed by atoms with Crippen LogP contribution in [0.2, 0.25) is 0 Å². The second-order valence-corrected chi connectivity index (χ2v) is 14.1. The van der Waals surface area contributed by atoms with Crippen LogP contribution >= 0.6 is 0 Å². The first kappa shape index (κ1) is 49.8. The van der Waals surface area contributed by atoms with Crippen LogP contribution in [-0.2, 0) is 11.2 Å². The normalized spacial score (nSPS) is 14.6. The third-order valence-corrected chi connectivity index (χ3v) is 7.84. The number of rotatable bonds is 14. The van der Waals surface area contributed by atoms with Crippen molar-refractivity contribution in [2.24, 2.45) is 16.8 Å². The Kier molecular flexibility index (Phi) is 27.8. The van der Waals surface area contributed by atoms with E-state index >= 15 is 0 Å². The highest BCUT2D eigenvalue weighted by molar-refractivity contribution is 6.08. The van der Waals surface area contributed by atoms with E-state index in [1.54, 1.807) is 13.0 Å². The van der Waals surface area contributed by atoms with Crippen molar-refractivity contribution in [3.63, 3.8) is 0 Å². The molecule has 3 rings (SSSR count). The number of aromatic nitrogens is 1. The molecule has 1 N–H and O–H groups in total. The first-order valence-electron chi connectivity index (χ1n) is 20.6. The molecule has 0 fully saturated rings. The summed E-state index contributed by atoms with van der Waals surface area (Å²) in [7, 11) is 0. The zero-order valence-corrected chi connectivity index (χ0v) is 36.7. The summed E-state index contributed by atoms with van der Waals surface area (Å²) >= 11 is 0. The summed E-state index contributed by atoms with van der Waals surface area (Å²) in [5.41, 5.74) is 5.39. The maximum Gasteiger partial charge on any atom is 0.156 e. The number of benzene rings is 1. The predicted molar refractivity (Wildman–Crippen MR) is 239 cm³/mol. The van der Waals surface area contributed by atoms with Crippen LogP contribution in [-0.4, -0.2) is 29.7 Å². The molecule has 0 saturated heterocycles. The number of aryl methyl sites for hydroxylation is 3. The minimum atomic E-state index is 0.127. The van der Waals surface area contributed by atoms with Crippen molar-refractivity contribution >= 4 is 23.1 Å². The summed E-state index contributed by atoms with van der Waals surface area (Å²) in [6.45, 7) is 31.2. The first-order valence-corrected chi connectivity index (χ1v) is 20.6. The van der Waals surface area contributed by atoms with Gasteiger partial charge in [0.25, 0.3) is 0 Å². The second-order valence-electron chi connectivity index (χ2n) is 14.1. The fourth-order valence-electron chi connectivity index (χ4n) is 5.19. The molecule has 1 aromatic carbocycles. The smallest absolute Gasteiger partial charge is 0.156 e. The van der Waals surface area contributed by atoms with E-state index in [1.165, 1.54) is 24.8 Å². The van der Waals surface area contributed by atoms with Crippen molar-refractivity contribution in [1.29, 1.82) is 0 Å². The lowest BCUT2D eigenvalue weighted by Gasteiger charge is -2.26. The monoisotopic (exact) mass is 741 g/mol. The number of pyridine rings is 1. The molecule has 6 nitrogen and oxygen atoms in total. The predicted octanol–water partition coefficient (Wildman–Crippen LogP) is 13.7. The molecule has 54 heavy (non-hydrogen) atoms. The number of fused-ring (bicyclic) bond motifs is 1. The Hall–Kier alpha value is -4.19. The fraction of sp³-hybridized carbons (Fsp3) is 0.521. The molecule has 0 amide bonds. The third kappa shape index (κ3) is 20.9. The van der Waals surface area contributed by atoms with Crippen molar-refractivity contribution in [2.75, 3.05) is 23.3 Å². The molecule has 1 aromatic heterocycles. The molecule has 2 aromatic rings. The van der Waals surface area contributed by atoms with E-state index in [4.69, 9.17) is 14.7 Å². The van der Waals surface area contributed by atoms with Gasteiger partial charge in [0.2, 0.25) is 0 Å². The van der Waals surface area contributed by atoms with Gasteiger partial charge in [0.05, 0.1) is 0 Å². The molecular weight excluding hydrogens is 665 g/mol. The van der Waals surface area contributed by atoms with Gasteiger partial charge in [-0.3, -0.25) is 4.79 Å².